The van der Waals surface area contributed by atoms with Crippen LogP contribution in [0.1, 0.15) is 17.1 Å². The zero-order valence-electron chi connectivity index (χ0n) is 18.7. The van der Waals surface area contributed by atoms with Gasteiger partial charge >= 0.3 is 0 Å². The predicted molar refractivity (Wildman–Crippen MR) is 132 cm³/mol. The van der Waals surface area contributed by atoms with Crippen LogP contribution in [0.5, 0.6) is 0 Å². The Kier molecular flexibility index (Phi) is 7.13. The van der Waals surface area contributed by atoms with Gasteiger partial charge in [-0.05, 0) is 51.1 Å². The molecule has 1 aromatic carbocycles. The molecule has 0 fully saturated rings. The number of benzene rings is 1. The number of carbonyl (C=O) groups excluding carboxylic acids is 2. The molecule has 34 heavy (non-hydrogen) atoms. The van der Waals surface area contributed by atoms with E-state index < -0.39 is 0 Å². The molecule has 4 aromatic rings. The fraction of sp³-hybridized carbons (Fsp3) is 0.217. The van der Waals surface area contributed by atoms with E-state index in [9.17, 15) is 14.0 Å². The van der Waals surface area contributed by atoms with Gasteiger partial charge in [-0.25, -0.2) is 9.37 Å². The number of hydrogen-bond acceptors (Lipinski definition) is 7. The summed E-state index contributed by atoms with van der Waals surface area (Å²) in [5.41, 5.74) is 4.51. The van der Waals surface area contributed by atoms with Crippen LogP contribution in [-0.2, 0) is 9.59 Å². The van der Waals surface area contributed by atoms with E-state index in [2.05, 4.69) is 20.8 Å². The van der Waals surface area contributed by atoms with Crippen LogP contribution in [0.3, 0.4) is 0 Å². The highest BCUT2D eigenvalue weighted by molar-refractivity contribution is 8.00. The smallest absolute Gasteiger partial charge is 0.236 e. The minimum Gasteiger partial charge on any atom is -0.360 e. The number of aromatic nitrogens is 3. The monoisotopic (exact) mass is 499 g/mol. The predicted octanol–water partition coefficient (Wildman–Crippen LogP) is 4.96. The van der Waals surface area contributed by atoms with Crippen LogP contribution in [0.4, 0.5) is 15.3 Å². The van der Waals surface area contributed by atoms with E-state index in [-0.39, 0.29) is 29.1 Å². The Morgan fingerprint density at radius 2 is 1.79 bits per heavy atom. The first-order valence-corrected chi connectivity index (χ1v) is 12.3. The van der Waals surface area contributed by atoms with Crippen molar-refractivity contribution in [3.8, 4) is 16.9 Å². The number of nitrogens with one attached hydrogen (secondary N) is 2. The Hall–Kier alpha value is -3.44. The second kappa shape index (κ2) is 10.2. The summed E-state index contributed by atoms with van der Waals surface area (Å²) in [5, 5.41) is 11.4. The molecule has 0 aliphatic carbocycles. The molecule has 2 amide bonds. The van der Waals surface area contributed by atoms with Gasteiger partial charge in [0.15, 0.2) is 10.9 Å². The molecule has 0 saturated heterocycles. The van der Waals surface area contributed by atoms with Crippen LogP contribution >= 0.6 is 23.1 Å². The fourth-order valence-electron chi connectivity index (χ4n) is 3.46. The molecule has 8 nitrogen and oxygen atoms in total. The molecule has 176 valence electrons. The maximum atomic E-state index is 13.3. The fourth-order valence-corrected chi connectivity index (χ4v) is 4.80. The van der Waals surface area contributed by atoms with Crippen molar-refractivity contribution >= 4 is 45.9 Å². The van der Waals surface area contributed by atoms with Crippen molar-refractivity contribution in [1.29, 1.82) is 0 Å². The molecule has 0 bridgehead atoms. The third-order valence-corrected chi connectivity index (χ3v) is 6.59. The van der Waals surface area contributed by atoms with E-state index >= 15 is 0 Å². The Balaban J connectivity index is 1.33. The lowest BCUT2D eigenvalue weighted by Gasteiger charge is -2.09. The number of amides is 2. The van der Waals surface area contributed by atoms with E-state index in [0.29, 0.717) is 16.7 Å². The molecule has 0 aliphatic rings. The molecular formula is C23H22FN5O3S2. The van der Waals surface area contributed by atoms with Gasteiger partial charge in [0, 0.05) is 34.1 Å². The SMILES string of the molecule is Cc1cc(NC(=O)CSCC(=O)Nc2nc(-c3cc(C)n(-c4ccc(F)cc4)c3C)cs2)no1. The van der Waals surface area contributed by atoms with Gasteiger partial charge in [0.05, 0.1) is 17.2 Å². The summed E-state index contributed by atoms with van der Waals surface area (Å²) in [5.74, 6) is 0.378. The maximum absolute atomic E-state index is 13.3. The third-order valence-electron chi connectivity index (χ3n) is 4.90. The Morgan fingerprint density at radius 1 is 1.09 bits per heavy atom. The highest BCUT2D eigenvalue weighted by atomic mass is 32.2. The van der Waals surface area contributed by atoms with Crippen molar-refractivity contribution in [1.82, 2.24) is 14.7 Å². The van der Waals surface area contributed by atoms with Crippen LogP contribution in [-0.4, -0.2) is 38.0 Å². The average Bonchev–Trinajstić information content (AvgIpc) is 3.48. The number of hydrogen-bond donors (Lipinski definition) is 2. The van der Waals surface area contributed by atoms with Crippen LogP contribution < -0.4 is 10.6 Å². The van der Waals surface area contributed by atoms with Crippen LogP contribution in [0.2, 0.25) is 0 Å². The zero-order valence-corrected chi connectivity index (χ0v) is 20.3. The second-order valence-electron chi connectivity index (χ2n) is 7.55. The van der Waals surface area contributed by atoms with Gasteiger partial charge in [-0.2, -0.15) is 0 Å². The zero-order chi connectivity index (χ0) is 24.2. The van der Waals surface area contributed by atoms with Gasteiger partial charge in [0.2, 0.25) is 11.8 Å². The average molecular weight is 500 g/mol. The van der Waals surface area contributed by atoms with E-state index in [0.717, 1.165) is 28.3 Å². The van der Waals surface area contributed by atoms with Crippen molar-refractivity contribution in [2.24, 2.45) is 0 Å². The van der Waals surface area contributed by atoms with Crippen molar-refractivity contribution in [3.63, 3.8) is 0 Å². The van der Waals surface area contributed by atoms with Gasteiger partial charge in [-0.3, -0.25) is 9.59 Å². The van der Waals surface area contributed by atoms with E-state index in [4.69, 9.17) is 4.52 Å². The summed E-state index contributed by atoms with van der Waals surface area (Å²) < 4.78 is 20.2. The molecule has 0 radical (unpaired) electrons. The second-order valence-corrected chi connectivity index (χ2v) is 9.39. The molecule has 0 aliphatic heterocycles. The highest BCUT2D eigenvalue weighted by Crippen LogP contribution is 2.31. The number of carbonyl (C=O) groups is 2. The molecule has 0 saturated carbocycles. The summed E-state index contributed by atoms with van der Waals surface area (Å²) in [7, 11) is 0. The Morgan fingerprint density at radius 3 is 2.47 bits per heavy atom. The van der Waals surface area contributed by atoms with Crippen molar-refractivity contribution < 1.29 is 18.5 Å². The molecule has 2 N–H and O–H groups in total. The van der Waals surface area contributed by atoms with Crippen LogP contribution in [0.15, 0.2) is 46.3 Å². The normalized spacial score (nSPS) is 10.9. The number of nitrogens with zero attached hydrogens (tertiary/aromatic N) is 3. The lowest BCUT2D eigenvalue weighted by Crippen LogP contribution is -2.18. The number of aryl methyl sites for hydroxylation is 2. The van der Waals surface area contributed by atoms with Crippen LogP contribution in [0.25, 0.3) is 16.9 Å². The number of thiazole rings is 1. The molecule has 3 aromatic heterocycles. The number of thioether (sulfide) groups is 1. The quantitative estimate of drug-likeness (QED) is 0.355. The lowest BCUT2D eigenvalue weighted by molar-refractivity contribution is -0.114. The first-order chi connectivity index (χ1) is 16.3. The van der Waals surface area contributed by atoms with Crippen molar-refractivity contribution in [2.45, 2.75) is 20.8 Å². The topological polar surface area (TPSA) is 102 Å². The van der Waals surface area contributed by atoms with Gasteiger partial charge < -0.3 is 19.7 Å². The number of halogens is 1. The summed E-state index contributed by atoms with van der Waals surface area (Å²) in [4.78, 5) is 28.8. The maximum Gasteiger partial charge on any atom is 0.236 e. The number of anilines is 2. The number of rotatable bonds is 8. The first kappa shape index (κ1) is 23.7. The molecule has 11 heteroatoms. The molecule has 0 unspecified atom stereocenters. The van der Waals surface area contributed by atoms with Gasteiger partial charge in [-0.1, -0.05) is 5.16 Å². The Labute approximate surface area is 203 Å². The highest BCUT2D eigenvalue weighted by Gasteiger charge is 2.16. The van der Waals surface area contributed by atoms with Gasteiger partial charge in [-0.15, -0.1) is 23.1 Å². The van der Waals surface area contributed by atoms with E-state index in [1.54, 1.807) is 25.1 Å². The van der Waals surface area contributed by atoms with Gasteiger partial charge in [0.1, 0.15) is 11.6 Å². The summed E-state index contributed by atoms with van der Waals surface area (Å²) >= 11 is 2.52. The molecular weight excluding hydrogens is 477 g/mol. The van der Waals surface area contributed by atoms with Crippen molar-refractivity contribution in [3.05, 3.63) is 64.7 Å². The molecule has 0 spiro atoms. The van der Waals surface area contributed by atoms with Gasteiger partial charge in [0.25, 0.3) is 0 Å². The summed E-state index contributed by atoms with van der Waals surface area (Å²) in [6, 6.07) is 9.96. The summed E-state index contributed by atoms with van der Waals surface area (Å²) in [6.07, 6.45) is 0. The minimum absolute atomic E-state index is 0.109. The van der Waals surface area contributed by atoms with E-state index in [1.165, 1.54) is 35.2 Å². The lowest BCUT2D eigenvalue weighted by atomic mass is 10.2. The Bertz CT molecular complexity index is 1330. The largest absolute Gasteiger partial charge is 0.360 e. The minimum atomic E-state index is -0.282. The van der Waals surface area contributed by atoms with Crippen molar-refractivity contribution in [2.75, 3.05) is 22.1 Å². The standard InChI is InChI=1S/C23H22FN5O3S2/c1-13-8-18(15(3)29(13)17-6-4-16(24)5-7-17)19-10-34-23(25-19)27-22(31)12-33-11-21(30)26-20-9-14(2)32-28-20/h4-10H,11-12H2,1-3H3,(H,25,27,31)(H,26,28,30). The van der Waals surface area contributed by atoms with Crippen LogP contribution in [0, 0.1) is 26.6 Å². The molecule has 4 rings (SSSR count). The van der Waals surface area contributed by atoms with E-state index in [1.807, 2.05) is 29.9 Å². The summed E-state index contributed by atoms with van der Waals surface area (Å²) in [6.45, 7) is 5.69. The molecule has 0 atom stereocenters. The third kappa shape index (κ3) is 5.54. The first-order valence-electron chi connectivity index (χ1n) is 10.3. The molecule has 3 heterocycles.